The molecule has 1 saturated heterocycles. The number of nitrogens with one attached hydrogen (secondary N) is 1. The predicted octanol–water partition coefficient (Wildman–Crippen LogP) is 4.52. The third-order valence-corrected chi connectivity index (χ3v) is 4.56. The SMILES string of the molecule is CC(C)CNCc1cc(Br)c(OCC2CCCO2)c(Br)c1. The fraction of sp³-hybridized carbons (Fsp3) is 0.625. The van der Waals surface area contributed by atoms with Crippen LogP contribution in [0.25, 0.3) is 0 Å². The number of ether oxygens (including phenoxy) is 2. The second-order valence-electron chi connectivity index (χ2n) is 5.86. The maximum absolute atomic E-state index is 5.91. The van der Waals surface area contributed by atoms with E-state index >= 15 is 0 Å². The molecule has 0 aliphatic carbocycles. The van der Waals surface area contributed by atoms with Crippen LogP contribution in [0.3, 0.4) is 0 Å². The summed E-state index contributed by atoms with van der Waals surface area (Å²) in [6.07, 6.45) is 2.46. The lowest BCUT2D eigenvalue weighted by molar-refractivity contribution is 0.0674. The second-order valence-corrected chi connectivity index (χ2v) is 7.57. The maximum Gasteiger partial charge on any atom is 0.147 e. The first-order chi connectivity index (χ1) is 10.1. The Morgan fingerprint density at radius 2 is 2.05 bits per heavy atom. The summed E-state index contributed by atoms with van der Waals surface area (Å²) in [6.45, 7) is 7.77. The number of halogens is 2. The average molecular weight is 421 g/mol. The highest BCUT2D eigenvalue weighted by atomic mass is 79.9. The molecule has 1 unspecified atom stereocenters. The monoisotopic (exact) mass is 419 g/mol. The van der Waals surface area contributed by atoms with Crippen molar-refractivity contribution in [2.45, 2.75) is 39.3 Å². The Labute approximate surface area is 144 Å². The van der Waals surface area contributed by atoms with Crippen molar-refractivity contribution in [1.82, 2.24) is 5.32 Å². The molecule has 0 saturated carbocycles. The number of hydrogen-bond acceptors (Lipinski definition) is 3. The van der Waals surface area contributed by atoms with Crippen molar-refractivity contribution >= 4 is 31.9 Å². The molecule has 1 aromatic rings. The van der Waals surface area contributed by atoms with Crippen molar-refractivity contribution in [2.24, 2.45) is 5.92 Å². The van der Waals surface area contributed by atoms with Crippen LogP contribution in [-0.2, 0) is 11.3 Å². The molecule has 1 atom stereocenters. The van der Waals surface area contributed by atoms with Gasteiger partial charge in [0.25, 0.3) is 0 Å². The number of benzene rings is 1. The van der Waals surface area contributed by atoms with Gasteiger partial charge < -0.3 is 14.8 Å². The van der Waals surface area contributed by atoms with Gasteiger partial charge in [-0.25, -0.2) is 0 Å². The van der Waals surface area contributed by atoms with Crippen molar-refractivity contribution < 1.29 is 9.47 Å². The molecular formula is C16H23Br2NO2. The first-order valence-electron chi connectivity index (χ1n) is 7.49. The van der Waals surface area contributed by atoms with Gasteiger partial charge in [0.05, 0.1) is 15.0 Å². The Bertz CT molecular complexity index is 437. The fourth-order valence-electron chi connectivity index (χ4n) is 2.31. The minimum absolute atomic E-state index is 0.233. The summed E-state index contributed by atoms with van der Waals surface area (Å²) in [7, 11) is 0. The summed E-state index contributed by atoms with van der Waals surface area (Å²) >= 11 is 7.21. The summed E-state index contributed by atoms with van der Waals surface area (Å²) in [6, 6.07) is 4.23. The molecule has 1 aliphatic heterocycles. The smallest absolute Gasteiger partial charge is 0.147 e. The molecule has 1 fully saturated rings. The van der Waals surface area contributed by atoms with Crippen LogP contribution in [0, 0.1) is 5.92 Å². The van der Waals surface area contributed by atoms with Gasteiger partial charge in [-0.2, -0.15) is 0 Å². The summed E-state index contributed by atoms with van der Waals surface area (Å²) < 4.78 is 13.5. The molecule has 118 valence electrons. The quantitative estimate of drug-likeness (QED) is 0.703. The molecule has 1 aromatic carbocycles. The van der Waals surface area contributed by atoms with Crippen LogP contribution in [0.15, 0.2) is 21.1 Å². The van der Waals surface area contributed by atoms with Gasteiger partial charge in [0.2, 0.25) is 0 Å². The molecular weight excluding hydrogens is 398 g/mol. The highest BCUT2D eigenvalue weighted by Crippen LogP contribution is 2.35. The van der Waals surface area contributed by atoms with E-state index in [0.717, 1.165) is 47.2 Å². The molecule has 5 heteroatoms. The lowest BCUT2D eigenvalue weighted by Gasteiger charge is -2.15. The summed E-state index contributed by atoms with van der Waals surface area (Å²) in [4.78, 5) is 0. The van der Waals surface area contributed by atoms with E-state index in [9.17, 15) is 0 Å². The molecule has 0 radical (unpaired) electrons. The van der Waals surface area contributed by atoms with Crippen LogP contribution in [0.4, 0.5) is 0 Å². The van der Waals surface area contributed by atoms with Gasteiger partial charge in [0.15, 0.2) is 0 Å². The van der Waals surface area contributed by atoms with Gasteiger partial charge in [0, 0.05) is 13.2 Å². The van der Waals surface area contributed by atoms with Gasteiger partial charge >= 0.3 is 0 Å². The van der Waals surface area contributed by atoms with Crippen molar-refractivity contribution in [1.29, 1.82) is 0 Å². The molecule has 2 rings (SSSR count). The summed E-state index contributed by atoms with van der Waals surface area (Å²) in [5.41, 5.74) is 1.24. The van der Waals surface area contributed by atoms with Crippen LogP contribution in [0.1, 0.15) is 32.3 Å². The molecule has 1 heterocycles. The molecule has 0 bridgehead atoms. The second kappa shape index (κ2) is 8.51. The fourth-order valence-corrected chi connectivity index (χ4v) is 3.82. The Morgan fingerprint density at radius 1 is 1.33 bits per heavy atom. The Hall–Kier alpha value is -0.100. The van der Waals surface area contributed by atoms with Gasteiger partial charge in [0.1, 0.15) is 12.4 Å². The zero-order valence-electron chi connectivity index (χ0n) is 12.6. The normalized spacial score (nSPS) is 18.4. The minimum atomic E-state index is 0.233. The highest BCUT2D eigenvalue weighted by Gasteiger charge is 2.18. The third kappa shape index (κ3) is 5.55. The van der Waals surface area contributed by atoms with Crippen LogP contribution in [0.5, 0.6) is 5.75 Å². The maximum atomic E-state index is 5.91. The van der Waals surface area contributed by atoms with Crippen molar-refractivity contribution in [3.63, 3.8) is 0 Å². The zero-order valence-corrected chi connectivity index (χ0v) is 15.8. The highest BCUT2D eigenvalue weighted by molar-refractivity contribution is 9.11. The van der Waals surface area contributed by atoms with E-state index in [1.807, 2.05) is 0 Å². The van der Waals surface area contributed by atoms with Gasteiger partial charge in [-0.05, 0) is 74.9 Å². The van der Waals surface area contributed by atoms with E-state index in [1.165, 1.54) is 5.56 Å². The first-order valence-corrected chi connectivity index (χ1v) is 9.08. The van der Waals surface area contributed by atoms with E-state index in [4.69, 9.17) is 9.47 Å². The predicted molar refractivity (Wildman–Crippen MR) is 92.9 cm³/mol. The van der Waals surface area contributed by atoms with Crippen molar-refractivity contribution in [2.75, 3.05) is 19.8 Å². The minimum Gasteiger partial charge on any atom is -0.489 e. The van der Waals surface area contributed by atoms with E-state index in [2.05, 4.69) is 63.2 Å². The molecule has 21 heavy (non-hydrogen) atoms. The average Bonchev–Trinajstić information content (AvgIpc) is 2.90. The molecule has 0 spiro atoms. The Balaban J connectivity index is 1.92. The van der Waals surface area contributed by atoms with E-state index < -0.39 is 0 Å². The van der Waals surface area contributed by atoms with Gasteiger partial charge in [-0.3, -0.25) is 0 Å². The molecule has 0 aromatic heterocycles. The third-order valence-electron chi connectivity index (χ3n) is 3.38. The number of hydrogen-bond donors (Lipinski definition) is 1. The van der Waals surface area contributed by atoms with Gasteiger partial charge in [-0.15, -0.1) is 0 Å². The zero-order chi connectivity index (χ0) is 15.2. The van der Waals surface area contributed by atoms with Crippen LogP contribution in [0.2, 0.25) is 0 Å². The molecule has 0 amide bonds. The van der Waals surface area contributed by atoms with Crippen molar-refractivity contribution in [3.8, 4) is 5.75 Å². The van der Waals surface area contributed by atoms with Gasteiger partial charge in [-0.1, -0.05) is 13.8 Å². The Kier molecular flexibility index (Phi) is 6.99. The van der Waals surface area contributed by atoms with Crippen LogP contribution >= 0.6 is 31.9 Å². The number of rotatable bonds is 7. The van der Waals surface area contributed by atoms with Crippen LogP contribution in [-0.4, -0.2) is 25.9 Å². The lowest BCUT2D eigenvalue weighted by Crippen LogP contribution is -2.19. The Morgan fingerprint density at radius 3 is 2.62 bits per heavy atom. The van der Waals surface area contributed by atoms with Crippen LogP contribution < -0.4 is 10.1 Å². The molecule has 1 N–H and O–H groups in total. The largest absolute Gasteiger partial charge is 0.489 e. The molecule has 3 nitrogen and oxygen atoms in total. The van der Waals surface area contributed by atoms with E-state index in [0.29, 0.717) is 12.5 Å². The van der Waals surface area contributed by atoms with Crippen molar-refractivity contribution in [3.05, 3.63) is 26.6 Å². The molecule has 1 aliphatic rings. The van der Waals surface area contributed by atoms with E-state index in [1.54, 1.807) is 0 Å². The summed E-state index contributed by atoms with van der Waals surface area (Å²) in [5, 5.41) is 3.45. The first kappa shape index (κ1) is 17.3. The van der Waals surface area contributed by atoms with E-state index in [-0.39, 0.29) is 6.10 Å². The summed E-state index contributed by atoms with van der Waals surface area (Å²) in [5.74, 6) is 1.52. The topological polar surface area (TPSA) is 30.5 Å². The lowest BCUT2D eigenvalue weighted by atomic mass is 10.2. The standard InChI is InChI=1S/C16H23Br2NO2/c1-11(2)8-19-9-12-6-14(17)16(15(18)7-12)21-10-13-4-3-5-20-13/h6-7,11,13,19H,3-5,8-10H2,1-2H3.